The molecule has 0 aliphatic heterocycles. The van der Waals surface area contributed by atoms with Crippen LogP contribution in [0.1, 0.15) is 72.6 Å². The Balaban J connectivity index is 1.91. The van der Waals surface area contributed by atoms with Crippen molar-refractivity contribution in [1.82, 2.24) is 0 Å². The van der Waals surface area contributed by atoms with Crippen LogP contribution >= 0.6 is 0 Å². The first kappa shape index (κ1) is 12.7. The monoisotopic (exact) mass is 248 g/mol. The molecule has 0 aromatic heterocycles. The standard InChI is InChI=1S/C17H28O/c1-12(2)5-14(18)17-8-13-6-15(3,10-17)9-16(4,7-13)11-17/h12-13H,5-11H2,1-4H3. The van der Waals surface area contributed by atoms with E-state index in [0.717, 1.165) is 12.3 Å². The highest BCUT2D eigenvalue weighted by Crippen LogP contribution is 2.69. The van der Waals surface area contributed by atoms with Crippen molar-refractivity contribution < 1.29 is 4.79 Å². The third-order valence-electron chi connectivity index (χ3n) is 5.81. The lowest BCUT2D eigenvalue weighted by atomic mass is 9.39. The minimum Gasteiger partial charge on any atom is -0.299 e. The first-order chi connectivity index (χ1) is 8.24. The molecule has 0 aromatic rings. The van der Waals surface area contributed by atoms with Crippen LogP contribution in [0.4, 0.5) is 0 Å². The number of hydrogen-bond donors (Lipinski definition) is 0. The minimum atomic E-state index is 0.0766. The molecule has 4 fully saturated rings. The Morgan fingerprint density at radius 2 is 1.61 bits per heavy atom. The summed E-state index contributed by atoms with van der Waals surface area (Å²) in [6.45, 7) is 9.27. The van der Waals surface area contributed by atoms with Crippen molar-refractivity contribution in [3.05, 3.63) is 0 Å². The van der Waals surface area contributed by atoms with Crippen LogP contribution in [0.25, 0.3) is 0 Å². The number of Topliss-reactive ketones (excluding diaryl/α,β-unsaturated/α-hetero) is 1. The summed E-state index contributed by atoms with van der Waals surface area (Å²) in [5.41, 5.74) is 1.02. The van der Waals surface area contributed by atoms with Crippen molar-refractivity contribution in [2.24, 2.45) is 28.1 Å². The second kappa shape index (κ2) is 3.61. The zero-order valence-electron chi connectivity index (χ0n) is 12.5. The van der Waals surface area contributed by atoms with Crippen molar-refractivity contribution in [3.63, 3.8) is 0 Å². The Morgan fingerprint density at radius 1 is 1.06 bits per heavy atom. The highest BCUT2D eigenvalue weighted by atomic mass is 16.1. The predicted octanol–water partition coefficient (Wildman–Crippen LogP) is 4.60. The molecule has 0 aromatic carbocycles. The fourth-order valence-electron chi connectivity index (χ4n) is 6.35. The second-order valence-electron chi connectivity index (χ2n) is 8.93. The molecule has 0 N–H and O–H groups in total. The molecule has 4 saturated carbocycles. The second-order valence-corrected chi connectivity index (χ2v) is 8.93. The molecule has 1 heteroatoms. The van der Waals surface area contributed by atoms with Crippen LogP contribution < -0.4 is 0 Å². The Kier molecular flexibility index (Phi) is 2.55. The van der Waals surface area contributed by atoms with E-state index >= 15 is 0 Å². The van der Waals surface area contributed by atoms with E-state index in [1.807, 2.05) is 0 Å². The van der Waals surface area contributed by atoms with E-state index in [2.05, 4.69) is 27.7 Å². The quantitative estimate of drug-likeness (QED) is 0.713. The van der Waals surface area contributed by atoms with Gasteiger partial charge in [-0.25, -0.2) is 0 Å². The molecule has 0 radical (unpaired) electrons. The summed E-state index contributed by atoms with van der Waals surface area (Å²) in [6, 6.07) is 0. The Morgan fingerprint density at radius 3 is 2.06 bits per heavy atom. The fraction of sp³-hybridized carbons (Fsp3) is 0.941. The van der Waals surface area contributed by atoms with Gasteiger partial charge in [0.15, 0.2) is 0 Å². The van der Waals surface area contributed by atoms with Crippen molar-refractivity contribution in [3.8, 4) is 0 Å². The van der Waals surface area contributed by atoms with Gasteiger partial charge in [0, 0.05) is 11.8 Å². The van der Waals surface area contributed by atoms with Crippen LogP contribution in [-0.4, -0.2) is 5.78 Å². The molecule has 2 atom stereocenters. The number of ketones is 1. The largest absolute Gasteiger partial charge is 0.299 e. The van der Waals surface area contributed by atoms with Gasteiger partial charge in [-0.3, -0.25) is 4.79 Å². The molecule has 102 valence electrons. The van der Waals surface area contributed by atoms with Crippen LogP contribution in [0.2, 0.25) is 0 Å². The fourth-order valence-corrected chi connectivity index (χ4v) is 6.35. The average Bonchev–Trinajstić information content (AvgIpc) is 2.09. The summed E-state index contributed by atoms with van der Waals surface area (Å²) in [6.07, 6.45) is 8.55. The number of hydrogen-bond acceptors (Lipinski definition) is 1. The molecule has 4 aliphatic carbocycles. The van der Waals surface area contributed by atoms with Crippen LogP contribution in [-0.2, 0) is 4.79 Å². The van der Waals surface area contributed by atoms with Gasteiger partial charge in [0.05, 0.1) is 0 Å². The number of rotatable bonds is 3. The van der Waals surface area contributed by atoms with Gasteiger partial charge in [-0.2, -0.15) is 0 Å². The van der Waals surface area contributed by atoms with Crippen molar-refractivity contribution >= 4 is 5.78 Å². The molecule has 2 unspecified atom stereocenters. The normalized spacial score (nSPS) is 49.9. The first-order valence-corrected chi connectivity index (χ1v) is 7.78. The summed E-state index contributed by atoms with van der Waals surface area (Å²) in [4.78, 5) is 12.8. The lowest BCUT2D eigenvalue weighted by Gasteiger charge is -2.65. The van der Waals surface area contributed by atoms with Crippen molar-refractivity contribution in [2.45, 2.75) is 72.6 Å². The van der Waals surface area contributed by atoms with Gasteiger partial charge in [-0.15, -0.1) is 0 Å². The van der Waals surface area contributed by atoms with E-state index in [1.165, 1.54) is 38.5 Å². The summed E-state index contributed by atoms with van der Waals surface area (Å²) in [5.74, 6) is 1.96. The number of carbonyl (C=O) groups is 1. The molecule has 4 aliphatic rings. The lowest BCUT2D eigenvalue weighted by molar-refractivity contribution is -0.168. The van der Waals surface area contributed by atoms with Crippen molar-refractivity contribution in [1.29, 1.82) is 0 Å². The van der Waals surface area contributed by atoms with E-state index in [9.17, 15) is 4.79 Å². The third-order valence-corrected chi connectivity index (χ3v) is 5.81. The van der Waals surface area contributed by atoms with Gasteiger partial charge in [-0.05, 0) is 61.2 Å². The van der Waals surface area contributed by atoms with Gasteiger partial charge in [-0.1, -0.05) is 27.7 Å². The molecule has 0 spiro atoms. The summed E-state index contributed by atoms with van der Waals surface area (Å²) in [5, 5.41) is 0. The van der Waals surface area contributed by atoms with Gasteiger partial charge in [0.2, 0.25) is 0 Å². The van der Waals surface area contributed by atoms with Gasteiger partial charge < -0.3 is 0 Å². The Hall–Kier alpha value is -0.330. The predicted molar refractivity (Wildman–Crippen MR) is 74.3 cm³/mol. The van der Waals surface area contributed by atoms with Crippen LogP contribution in [0.3, 0.4) is 0 Å². The third kappa shape index (κ3) is 1.85. The van der Waals surface area contributed by atoms with Gasteiger partial charge in [0.25, 0.3) is 0 Å². The molecule has 0 saturated heterocycles. The van der Waals surface area contributed by atoms with Gasteiger partial charge >= 0.3 is 0 Å². The Labute approximate surface area is 112 Å². The van der Waals surface area contributed by atoms with Crippen LogP contribution in [0.5, 0.6) is 0 Å². The zero-order chi connectivity index (χ0) is 13.2. The van der Waals surface area contributed by atoms with Gasteiger partial charge in [0.1, 0.15) is 5.78 Å². The van der Waals surface area contributed by atoms with E-state index in [4.69, 9.17) is 0 Å². The number of carbonyl (C=O) groups excluding carboxylic acids is 1. The molecule has 1 nitrogen and oxygen atoms in total. The highest BCUT2D eigenvalue weighted by molar-refractivity contribution is 5.85. The summed E-state index contributed by atoms with van der Waals surface area (Å²) >= 11 is 0. The van der Waals surface area contributed by atoms with E-state index < -0.39 is 0 Å². The topological polar surface area (TPSA) is 17.1 Å². The molecule has 4 rings (SSSR count). The molecular weight excluding hydrogens is 220 g/mol. The maximum absolute atomic E-state index is 12.8. The first-order valence-electron chi connectivity index (χ1n) is 7.78. The van der Waals surface area contributed by atoms with Crippen LogP contribution in [0.15, 0.2) is 0 Å². The highest BCUT2D eigenvalue weighted by Gasteiger charge is 2.62. The SMILES string of the molecule is CC(C)CC(=O)C12CC3CC(C)(CC(C)(C3)C1)C2. The lowest BCUT2D eigenvalue weighted by Crippen LogP contribution is -2.57. The molecule has 18 heavy (non-hydrogen) atoms. The van der Waals surface area contributed by atoms with Crippen molar-refractivity contribution in [2.75, 3.05) is 0 Å². The van der Waals surface area contributed by atoms with E-state index in [1.54, 1.807) is 0 Å². The Bertz CT molecular complexity index is 363. The maximum Gasteiger partial charge on any atom is 0.139 e. The summed E-state index contributed by atoms with van der Waals surface area (Å²) < 4.78 is 0. The molecule has 0 heterocycles. The smallest absolute Gasteiger partial charge is 0.139 e. The minimum absolute atomic E-state index is 0.0766. The molecular formula is C17H28O. The zero-order valence-corrected chi connectivity index (χ0v) is 12.5. The maximum atomic E-state index is 12.8. The average molecular weight is 248 g/mol. The molecule has 0 amide bonds. The summed E-state index contributed by atoms with van der Waals surface area (Å²) in [7, 11) is 0. The van der Waals surface area contributed by atoms with E-state index in [-0.39, 0.29) is 5.41 Å². The van der Waals surface area contributed by atoms with Crippen LogP contribution in [0, 0.1) is 28.1 Å². The van der Waals surface area contributed by atoms with E-state index in [0.29, 0.717) is 22.5 Å². The molecule has 4 bridgehead atoms.